The van der Waals surface area contributed by atoms with Crippen LogP contribution in [0.1, 0.15) is 16.1 Å². The fourth-order valence-electron chi connectivity index (χ4n) is 2.50. The molecule has 0 fully saturated rings. The number of aryl methyl sites for hydroxylation is 2. The van der Waals surface area contributed by atoms with Crippen molar-refractivity contribution in [3.05, 3.63) is 58.7 Å². The highest BCUT2D eigenvalue weighted by molar-refractivity contribution is 5.98. The predicted molar refractivity (Wildman–Crippen MR) is 85.2 cm³/mol. The van der Waals surface area contributed by atoms with Gasteiger partial charge in [-0.2, -0.15) is 0 Å². The van der Waals surface area contributed by atoms with Gasteiger partial charge in [0.15, 0.2) is 0 Å². The number of hydrogen-bond acceptors (Lipinski definition) is 3. The van der Waals surface area contributed by atoms with E-state index in [0.29, 0.717) is 28.9 Å². The second-order valence-corrected chi connectivity index (χ2v) is 5.13. The highest BCUT2D eigenvalue weighted by atomic mass is 16.2. The Hall–Kier alpha value is -2.89. The number of rotatable bonds is 3. The number of carbonyl (C=O) groups excluding carboxylic acids is 1. The van der Waals surface area contributed by atoms with Crippen molar-refractivity contribution in [3.8, 4) is 0 Å². The lowest BCUT2D eigenvalue weighted by atomic mass is 10.3. The third-order valence-electron chi connectivity index (χ3n) is 3.66. The van der Waals surface area contributed by atoms with Crippen molar-refractivity contribution in [3.63, 3.8) is 0 Å². The molecular weight excluding hydrogens is 280 g/mol. The van der Waals surface area contributed by atoms with Gasteiger partial charge in [-0.05, 0) is 24.6 Å². The minimum Gasteiger partial charge on any atom is -0.347 e. The molecule has 0 unspecified atom stereocenters. The van der Waals surface area contributed by atoms with Crippen molar-refractivity contribution >= 4 is 22.6 Å². The molecule has 0 aliphatic carbocycles. The summed E-state index contributed by atoms with van der Waals surface area (Å²) in [4.78, 5) is 29.3. The summed E-state index contributed by atoms with van der Waals surface area (Å²) >= 11 is 0. The largest absolute Gasteiger partial charge is 0.347 e. The Morgan fingerprint density at radius 3 is 2.95 bits per heavy atom. The summed E-state index contributed by atoms with van der Waals surface area (Å²) in [6.07, 6.45) is 3.28. The second kappa shape index (κ2) is 5.14. The van der Waals surface area contributed by atoms with Crippen LogP contribution >= 0.6 is 0 Å². The first-order valence-corrected chi connectivity index (χ1v) is 6.91. The van der Waals surface area contributed by atoms with Gasteiger partial charge in [-0.3, -0.25) is 14.0 Å². The molecule has 3 aromatic rings. The molecule has 0 bridgehead atoms. The van der Waals surface area contributed by atoms with E-state index in [0.717, 1.165) is 5.56 Å². The molecule has 0 aliphatic heterocycles. The van der Waals surface area contributed by atoms with E-state index in [1.54, 1.807) is 36.0 Å². The standard InChI is InChI=1S/C16H16N4O2/c1-4-7-17-15(21)12-9-11-14(19(12)3)18-13-10(2)6-5-8-20(13)16(11)22/h4-6,8-9H,1,7H2,2-3H3,(H,17,21). The molecule has 3 aromatic heterocycles. The van der Waals surface area contributed by atoms with Gasteiger partial charge in [0.1, 0.15) is 17.0 Å². The van der Waals surface area contributed by atoms with Gasteiger partial charge in [0.2, 0.25) is 0 Å². The maximum absolute atomic E-state index is 12.6. The van der Waals surface area contributed by atoms with Crippen LogP contribution in [-0.4, -0.2) is 26.4 Å². The lowest BCUT2D eigenvalue weighted by molar-refractivity contribution is 0.0950. The van der Waals surface area contributed by atoms with Crippen LogP contribution in [0.25, 0.3) is 16.7 Å². The third kappa shape index (κ3) is 2.00. The number of carbonyl (C=O) groups is 1. The van der Waals surface area contributed by atoms with Crippen LogP contribution in [0.4, 0.5) is 0 Å². The number of amides is 1. The summed E-state index contributed by atoms with van der Waals surface area (Å²) in [7, 11) is 1.73. The molecule has 0 radical (unpaired) electrons. The number of pyridine rings is 1. The summed E-state index contributed by atoms with van der Waals surface area (Å²) < 4.78 is 3.14. The second-order valence-electron chi connectivity index (χ2n) is 5.13. The van der Waals surface area contributed by atoms with Crippen LogP contribution in [0, 0.1) is 6.92 Å². The fourth-order valence-corrected chi connectivity index (χ4v) is 2.50. The zero-order valence-electron chi connectivity index (χ0n) is 12.5. The van der Waals surface area contributed by atoms with Gasteiger partial charge in [0.25, 0.3) is 11.5 Å². The first-order chi connectivity index (χ1) is 10.5. The Balaban J connectivity index is 2.30. The molecule has 112 valence electrons. The molecule has 0 spiro atoms. The van der Waals surface area contributed by atoms with Crippen LogP contribution in [0.5, 0.6) is 0 Å². The van der Waals surface area contributed by atoms with Gasteiger partial charge in [-0.1, -0.05) is 12.1 Å². The topological polar surface area (TPSA) is 68.4 Å². The van der Waals surface area contributed by atoms with Crippen molar-refractivity contribution in [2.75, 3.05) is 6.54 Å². The van der Waals surface area contributed by atoms with Gasteiger partial charge < -0.3 is 9.88 Å². The molecule has 1 amide bonds. The molecule has 0 aliphatic rings. The van der Waals surface area contributed by atoms with Crippen molar-refractivity contribution in [2.45, 2.75) is 6.92 Å². The number of aromatic nitrogens is 3. The Morgan fingerprint density at radius 2 is 2.23 bits per heavy atom. The Morgan fingerprint density at radius 1 is 1.45 bits per heavy atom. The van der Waals surface area contributed by atoms with Crippen LogP contribution in [0.3, 0.4) is 0 Å². The van der Waals surface area contributed by atoms with E-state index in [1.165, 1.54) is 4.40 Å². The molecule has 3 rings (SSSR count). The molecule has 0 saturated heterocycles. The zero-order chi connectivity index (χ0) is 15.9. The SMILES string of the molecule is C=CCNC(=O)c1cc2c(=O)n3cccc(C)c3nc2n1C. The number of hydrogen-bond donors (Lipinski definition) is 1. The number of nitrogens with zero attached hydrogens (tertiary/aromatic N) is 3. The molecule has 3 heterocycles. The van der Waals surface area contributed by atoms with Crippen molar-refractivity contribution in [2.24, 2.45) is 7.05 Å². The summed E-state index contributed by atoms with van der Waals surface area (Å²) in [5, 5.41) is 3.13. The molecule has 22 heavy (non-hydrogen) atoms. The third-order valence-corrected chi connectivity index (χ3v) is 3.66. The maximum Gasteiger partial charge on any atom is 0.268 e. The average Bonchev–Trinajstić information content (AvgIpc) is 2.84. The van der Waals surface area contributed by atoms with E-state index < -0.39 is 0 Å². The molecule has 0 saturated carbocycles. The summed E-state index contributed by atoms with van der Waals surface area (Å²) in [5.41, 5.74) is 2.22. The summed E-state index contributed by atoms with van der Waals surface area (Å²) in [6.45, 7) is 5.83. The Kier molecular flexibility index (Phi) is 3.29. The smallest absolute Gasteiger partial charge is 0.268 e. The quantitative estimate of drug-likeness (QED) is 0.743. The lowest BCUT2D eigenvalue weighted by Gasteiger charge is -2.05. The Labute approximate surface area is 126 Å². The van der Waals surface area contributed by atoms with E-state index in [1.807, 2.05) is 13.0 Å². The average molecular weight is 296 g/mol. The minimum atomic E-state index is -0.259. The highest BCUT2D eigenvalue weighted by Gasteiger charge is 2.17. The van der Waals surface area contributed by atoms with Crippen molar-refractivity contribution in [1.82, 2.24) is 19.3 Å². The number of nitrogens with one attached hydrogen (secondary N) is 1. The molecular formula is C16H16N4O2. The van der Waals surface area contributed by atoms with E-state index in [4.69, 9.17) is 0 Å². The summed E-state index contributed by atoms with van der Waals surface area (Å²) in [5.74, 6) is -0.259. The minimum absolute atomic E-state index is 0.179. The van der Waals surface area contributed by atoms with Crippen LogP contribution in [0.2, 0.25) is 0 Å². The fraction of sp³-hybridized carbons (Fsp3) is 0.188. The molecule has 0 atom stereocenters. The van der Waals surface area contributed by atoms with Crippen molar-refractivity contribution in [1.29, 1.82) is 0 Å². The van der Waals surface area contributed by atoms with E-state index in [9.17, 15) is 9.59 Å². The van der Waals surface area contributed by atoms with Gasteiger partial charge in [0.05, 0.1) is 5.39 Å². The predicted octanol–water partition coefficient (Wildman–Crippen LogP) is 1.41. The first-order valence-electron chi connectivity index (χ1n) is 6.91. The highest BCUT2D eigenvalue weighted by Crippen LogP contribution is 2.16. The van der Waals surface area contributed by atoms with Gasteiger partial charge in [0, 0.05) is 19.8 Å². The maximum atomic E-state index is 12.6. The van der Waals surface area contributed by atoms with Gasteiger partial charge >= 0.3 is 0 Å². The van der Waals surface area contributed by atoms with Gasteiger partial charge in [-0.15, -0.1) is 6.58 Å². The lowest BCUT2D eigenvalue weighted by Crippen LogP contribution is -2.25. The Bertz CT molecular complexity index is 966. The van der Waals surface area contributed by atoms with Crippen LogP contribution < -0.4 is 10.9 Å². The van der Waals surface area contributed by atoms with Crippen LogP contribution in [-0.2, 0) is 7.05 Å². The normalized spacial score (nSPS) is 11.0. The van der Waals surface area contributed by atoms with Gasteiger partial charge in [-0.25, -0.2) is 4.98 Å². The monoisotopic (exact) mass is 296 g/mol. The van der Waals surface area contributed by atoms with E-state index in [2.05, 4.69) is 16.9 Å². The van der Waals surface area contributed by atoms with E-state index >= 15 is 0 Å². The molecule has 6 nitrogen and oxygen atoms in total. The first kappa shape index (κ1) is 14.1. The number of fused-ring (bicyclic) bond motifs is 2. The van der Waals surface area contributed by atoms with Crippen LogP contribution in [0.15, 0.2) is 41.8 Å². The summed E-state index contributed by atoms with van der Waals surface area (Å²) in [6, 6.07) is 5.28. The van der Waals surface area contributed by atoms with E-state index in [-0.39, 0.29) is 11.5 Å². The zero-order valence-corrected chi connectivity index (χ0v) is 12.5. The molecule has 1 N–H and O–H groups in total. The molecule has 0 aromatic carbocycles. The molecule has 6 heteroatoms. The van der Waals surface area contributed by atoms with Crippen molar-refractivity contribution < 1.29 is 4.79 Å².